The van der Waals surface area contributed by atoms with Gasteiger partial charge in [-0.3, -0.25) is 4.79 Å². The van der Waals surface area contributed by atoms with E-state index in [4.69, 9.17) is 28.3 Å². The first kappa shape index (κ1) is 26.2. The first-order valence-corrected chi connectivity index (χ1v) is 13.6. The lowest BCUT2D eigenvalue weighted by Crippen LogP contribution is -2.38. The lowest BCUT2D eigenvalue weighted by Gasteiger charge is -2.32. The maximum atomic E-state index is 14.1. The molecule has 0 bridgehead atoms. The molecule has 8 nitrogen and oxygen atoms in total. The Balaban J connectivity index is 1.41. The number of hydrogen-bond acceptors (Lipinski definition) is 5. The number of amides is 1. The van der Waals surface area contributed by atoms with Crippen molar-refractivity contribution in [3.05, 3.63) is 111 Å². The van der Waals surface area contributed by atoms with Gasteiger partial charge >= 0.3 is 0 Å². The molecule has 0 aliphatic carbocycles. The molecule has 0 saturated carbocycles. The minimum Gasteiger partial charge on any atom is -0.337 e. The van der Waals surface area contributed by atoms with Gasteiger partial charge in [0.2, 0.25) is 0 Å². The van der Waals surface area contributed by atoms with Crippen molar-refractivity contribution >= 4 is 29.1 Å². The molecular weight excluding hydrogens is 552 g/mol. The summed E-state index contributed by atoms with van der Waals surface area (Å²) >= 11 is 12.8. The van der Waals surface area contributed by atoms with Gasteiger partial charge in [0.25, 0.3) is 5.91 Å². The van der Waals surface area contributed by atoms with Crippen molar-refractivity contribution in [1.29, 1.82) is 0 Å². The summed E-state index contributed by atoms with van der Waals surface area (Å²) in [6, 6.07) is 21.3. The second-order valence-electron chi connectivity index (χ2n) is 9.67. The van der Waals surface area contributed by atoms with Gasteiger partial charge < -0.3 is 4.90 Å². The van der Waals surface area contributed by atoms with Crippen LogP contribution in [0.15, 0.2) is 72.8 Å². The lowest BCUT2D eigenvalue weighted by atomic mass is 9.89. The van der Waals surface area contributed by atoms with Crippen LogP contribution < -0.4 is 0 Å². The third-order valence-electron chi connectivity index (χ3n) is 7.23. The molecule has 11 heteroatoms. The number of halogens is 3. The van der Waals surface area contributed by atoms with Gasteiger partial charge in [0, 0.05) is 35.7 Å². The number of aromatic amines is 1. The number of para-hydroxylation sites is 1. The molecule has 3 heterocycles. The fourth-order valence-electron chi connectivity index (χ4n) is 5.21. The molecule has 0 spiro atoms. The molecular formula is C29H24Cl2FN7O. The third kappa shape index (κ3) is 5.22. The molecule has 1 amide bonds. The Morgan fingerprint density at radius 2 is 1.70 bits per heavy atom. The van der Waals surface area contributed by atoms with Gasteiger partial charge in [0.15, 0.2) is 11.5 Å². The number of carbonyl (C=O) groups excluding carboxylic acids is 1. The highest BCUT2D eigenvalue weighted by Gasteiger charge is 2.31. The van der Waals surface area contributed by atoms with Crippen molar-refractivity contribution in [3.63, 3.8) is 0 Å². The summed E-state index contributed by atoms with van der Waals surface area (Å²) in [4.78, 5) is 15.9. The van der Waals surface area contributed by atoms with Crippen LogP contribution in [0, 0.1) is 5.82 Å². The van der Waals surface area contributed by atoms with Crippen molar-refractivity contribution in [1.82, 2.24) is 35.3 Å². The standard InChI is InChI=1S/C29H24Cl2FN7O/c30-21-9-5-20(6-10-21)28-23(17-26-33-36-37-34-26)27(35-39(28)25-4-2-1-3-24(25)31)29(40)38-15-13-19(14-16-38)18-7-11-22(32)12-8-18/h1-12,19H,13-17H2,(H,33,34,36,37). The fourth-order valence-corrected chi connectivity index (χ4v) is 5.55. The first-order valence-electron chi connectivity index (χ1n) is 12.9. The summed E-state index contributed by atoms with van der Waals surface area (Å²) in [6.45, 7) is 1.11. The van der Waals surface area contributed by atoms with Gasteiger partial charge in [-0.05, 0) is 60.7 Å². The molecule has 202 valence electrons. The van der Waals surface area contributed by atoms with Crippen LogP contribution in [0.5, 0.6) is 0 Å². The van der Waals surface area contributed by atoms with E-state index in [9.17, 15) is 9.18 Å². The Hall–Kier alpha value is -4.08. The van der Waals surface area contributed by atoms with E-state index in [0.717, 1.165) is 24.0 Å². The average Bonchev–Trinajstić information content (AvgIpc) is 3.62. The number of H-pyrrole nitrogens is 1. The third-order valence-corrected chi connectivity index (χ3v) is 7.80. The number of rotatable bonds is 6. The van der Waals surface area contributed by atoms with E-state index < -0.39 is 0 Å². The van der Waals surface area contributed by atoms with Gasteiger partial charge in [-0.2, -0.15) is 10.3 Å². The minimum atomic E-state index is -0.254. The Bertz CT molecular complexity index is 1630. The Kier molecular flexibility index (Phi) is 7.32. The number of hydrogen-bond donors (Lipinski definition) is 1. The van der Waals surface area contributed by atoms with E-state index in [1.54, 1.807) is 22.9 Å². The van der Waals surface area contributed by atoms with Crippen LogP contribution in [-0.4, -0.2) is 54.3 Å². The zero-order chi connectivity index (χ0) is 27.6. The van der Waals surface area contributed by atoms with E-state index in [1.807, 2.05) is 47.4 Å². The summed E-state index contributed by atoms with van der Waals surface area (Å²) < 4.78 is 15.1. The average molecular weight is 576 g/mol. The summed E-state index contributed by atoms with van der Waals surface area (Å²) in [5.74, 6) is 0.250. The molecule has 0 radical (unpaired) electrons. The molecule has 1 saturated heterocycles. The molecule has 3 aromatic carbocycles. The van der Waals surface area contributed by atoms with E-state index in [2.05, 4.69) is 20.6 Å². The van der Waals surface area contributed by atoms with E-state index in [0.29, 0.717) is 51.6 Å². The second-order valence-corrected chi connectivity index (χ2v) is 10.5. The number of benzene rings is 3. The molecule has 6 rings (SSSR count). The predicted octanol–water partition coefficient (Wildman–Crippen LogP) is 6.11. The quantitative estimate of drug-likeness (QED) is 0.264. The van der Waals surface area contributed by atoms with Crippen molar-refractivity contribution in [3.8, 4) is 16.9 Å². The SMILES string of the molecule is O=C(c1nn(-c2ccccc2Cl)c(-c2ccc(Cl)cc2)c1Cc1nn[nH]n1)N1CCC(c2ccc(F)cc2)CC1. The number of aromatic nitrogens is 6. The van der Waals surface area contributed by atoms with Gasteiger partial charge in [0.05, 0.1) is 16.4 Å². The van der Waals surface area contributed by atoms with Crippen LogP contribution in [-0.2, 0) is 6.42 Å². The number of likely N-dealkylation sites (tertiary alicyclic amines) is 1. The van der Waals surface area contributed by atoms with E-state index in [1.165, 1.54) is 12.1 Å². The highest BCUT2D eigenvalue weighted by atomic mass is 35.5. The number of tetrazole rings is 1. The summed E-state index contributed by atoms with van der Waals surface area (Å²) in [6.07, 6.45) is 1.77. The van der Waals surface area contributed by atoms with Crippen LogP contribution in [0.2, 0.25) is 10.0 Å². The summed E-state index contributed by atoms with van der Waals surface area (Å²) in [5.41, 5.74) is 4.18. The van der Waals surface area contributed by atoms with Crippen LogP contribution >= 0.6 is 23.2 Å². The highest BCUT2D eigenvalue weighted by Crippen LogP contribution is 2.35. The van der Waals surface area contributed by atoms with Crippen LogP contribution in [0.1, 0.15) is 46.2 Å². The van der Waals surface area contributed by atoms with Gasteiger partial charge in [0.1, 0.15) is 5.82 Å². The van der Waals surface area contributed by atoms with Crippen molar-refractivity contribution in [2.75, 3.05) is 13.1 Å². The molecule has 1 aliphatic rings. The summed E-state index contributed by atoms with van der Waals surface area (Å²) in [7, 11) is 0. The maximum Gasteiger partial charge on any atom is 0.274 e. The van der Waals surface area contributed by atoms with Crippen LogP contribution in [0.4, 0.5) is 4.39 Å². The monoisotopic (exact) mass is 575 g/mol. The smallest absolute Gasteiger partial charge is 0.274 e. The molecule has 2 aromatic heterocycles. The van der Waals surface area contributed by atoms with E-state index in [-0.39, 0.29) is 24.1 Å². The second kappa shape index (κ2) is 11.2. The molecule has 1 N–H and O–H groups in total. The number of carbonyl (C=O) groups is 1. The zero-order valence-corrected chi connectivity index (χ0v) is 22.8. The molecule has 5 aromatic rings. The van der Waals surface area contributed by atoms with Crippen molar-refractivity contribution < 1.29 is 9.18 Å². The molecule has 1 fully saturated rings. The predicted molar refractivity (Wildman–Crippen MR) is 150 cm³/mol. The number of piperidine rings is 1. The Morgan fingerprint density at radius 3 is 2.38 bits per heavy atom. The zero-order valence-electron chi connectivity index (χ0n) is 21.3. The lowest BCUT2D eigenvalue weighted by molar-refractivity contribution is 0.0705. The van der Waals surface area contributed by atoms with Crippen molar-refractivity contribution in [2.45, 2.75) is 25.2 Å². The van der Waals surface area contributed by atoms with Gasteiger partial charge in [-0.25, -0.2) is 9.07 Å². The first-order chi connectivity index (χ1) is 19.5. The number of nitrogens with zero attached hydrogens (tertiary/aromatic N) is 6. The minimum absolute atomic E-state index is 0.183. The van der Waals surface area contributed by atoms with Gasteiger partial charge in [-0.15, -0.1) is 10.2 Å². The fraction of sp³-hybridized carbons (Fsp3) is 0.207. The van der Waals surface area contributed by atoms with E-state index >= 15 is 0 Å². The Morgan fingerprint density at radius 1 is 0.975 bits per heavy atom. The summed E-state index contributed by atoms with van der Waals surface area (Å²) in [5, 5.41) is 20.4. The van der Waals surface area contributed by atoms with Crippen LogP contribution in [0.3, 0.4) is 0 Å². The molecule has 1 aliphatic heterocycles. The molecule has 40 heavy (non-hydrogen) atoms. The number of nitrogens with one attached hydrogen (secondary N) is 1. The topological polar surface area (TPSA) is 92.6 Å². The highest BCUT2D eigenvalue weighted by molar-refractivity contribution is 6.32. The maximum absolute atomic E-state index is 14.1. The largest absolute Gasteiger partial charge is 0.337 e. The van der Waals surface area contributed by atoms with Gasteiger partial charge in [-0.1, -0.05) is 64.8 Å². The molecule has 0 unspecified atom stereocenters. The normalized spacial score (nSPS) is 14.0. The van der Waals surface area contributed by atoms with Crippen LogP contribution in [0.25, 0.3) is 16.9 Å². The van der Waals surface area contributed by atoms with Crippen molar-refractivity contribution in [2.24, 2.45) is 0 Å². The molecule has 0 atom stereocenters. The Labute approximate surface area is 239 Å².